The van der Waals surface area contributed by atoms with Gasteiger partial charge >= 0.3 is 0 Å². The number of pyridine rings is 1. The minimum absolute atomic E-state index is 0.0367. The molecule has 4 aromatic rings. The fourth-order valence-corrected chi connectivity index (χ4v) is 5.67. The van der Waals surface area contributed by atoms with Crippen LogP contribution in [0.2, 0.25) is 10.0 Å². The molecule has 2 aromatic carbocycles. The lowest BCUT2D eigenvalue weighted by Crippen LogP contribution is -2.11. The van der Waals surface area contributed by atoms with Gasteiger partial charge in [0.2, 0.25) is 0 Å². The van der Waals surface area contributed by atoms with Crippen LogP contribution in [0.5, 0.6) is 0 Å². The Bertz CT molecular complexity index is 1350. The molecule has 0 unspecified atom stereocenters. The van der Waals surface area contributed by atoms with E-state index in [1.165, 1.54) is 18.2 Å². The van der Waals surface area contributed by atoms with Crippen molar-refractivity contribution in [3.8, 4) is 0 Å². The van der Waals surface area contributed by atoms with E-state index in [1.807, 2.05) is 31.2 Å². The Morgan fingerprint density at radius 1 is 1.07 bits per heavy atom. The Hall–Kier alpha value is -2.35. The fourth-order valence-electron chi connectivity index (χ4n) is 3.65. The number of nitrogens with zero attached hydrogens (tertiary/aromatic N) is 3. The van der Waals surface area contributed by atoms with Crippen LogP contribution in [0.1, 0.15) is 19.2 Å². The Kier molecular flexibility index (Phi) is 5.61. The number of aromatic nitrogens is 3. The zero-order chi connectivity index (χ0) is 21.5. The number of aryl methyl sites for hydroxylation is 2. The van der Waals surface area contributed by atoms with Gasteiger partial charge in [0, 0.05) is 28.4 Å². The first-order valence-corrected chi connectivity index (χ1v) is 11.9. The van der Waals surface area contributed by atoms with Crippen molar-refractivity contribution in [2.24, 2.45) is 0 Å². The van der Waals surface area contributed by atoms with Crippen LogP contribution in [0.4, 0.5) is 5.82 Å². The van der Waals surface area contributed by atoms with Crippen molar-refractivity contribution in [1.82, 2.24) is 14.5 Å². The number of rotatable bonds is 6. The highest BCUT2D eigenvalue weighted by atomic mass is 35.5. The lowest BCUT2D eigenvalue weighted by molar-refractivity contribution is 0.585. The van der Waals surface area contributed by atoms with Gasteiger partial charge in [0.05, 0.1) is 21.7 Å². The van der Waals surface area contributed by atoms with Crippen molar-refractivity contribution in [2.75, 3.05) is 11.5 Å². The van der Waals surface area contributed by atoms with E-state index in [0.717, 1.165) is 22.2 Å². The van der Waals surface area contributed by atoms with Crippen molar-refractivity contribution in [3.63, 3.8) is 0 Å². The lowest BCUT2D eigenvalue weighted by atomic mass is 10.2. The quantitative estimate of drug-likeness (QED) is 0.439. The number of nitrogens with two attached hydrogens (primary N) is 1. The number of fused-ring (bicyclic) bond motifs is 3. The van der Waals surface area contributed by atoms with Crippen molar-refractivity contribution in [2.45, 2.75) is 31.2 Å². The summed E-state index contributed by atoms with van der Waals surface area (Å²) in [7, 11) is -3.52. The van der Waals surface area contributed by atoms with Gasteiger partial charge in [-0.1, -0.05) is 48.3 Å². The molecule has 2 aromatic heterocycles. The molecule has 6 nitrogen and oxygen atoms in total. The van der Waals surface area contributed by atoms with Gasteiger partial charge in [-0.3, -0.25) is 0 Å². The van der Waals surface area contributed by atoms with E-state index < -0.39 is 9.84 Å². The third-order valence-corrected chi connectivity index (χ3v) is 7.21. The van der Waals surface area contributed by atoms with Crippen LogP contribution >= 0.6 is 23.2 Å². The molecule has 0 radical (unpaired) electrons. The summed E-state index contributed by atoms with van der Waals surface area (Å²) in [5.74, 6) is 1.18. The largest absolute Gasteiger partial charge is 0.382 e. The van der Waals surface area contributed by atoms with E-state index in [-0.39, 0.29) is 10.6 Å². The average Bonchev–Trinajstić information content (AvgIpc) is 3.07. The summed E-state index contributed by atoms with van der Waals surface area (Å²) in [6.45, 7) is 2.49. The van der Waals surface area contributed by atoms with E-state index >= 15 is 0 Å². The number of benzene rings is 2. The number of halogens is 2. The zero-order valence-corrected chi connectivity index (χ0v) is 18.6. The van der Waals surface area contributed by atoms with E-state index in [1.54, 1.807) is 0 Å². The molecule has 0 saturated heterocycles. The van der Waals surface area contributed by atoms with Crippen LogP contribution in [-0.4, -0.2) is 28.7 Å². The predicted octanol–water partition coefficient (Wildman–Crippen LogP) is 4.90. The van der Waals surface area contributed by atoms with E-state index in [2.05, 4.69) is 14.5 Å². The van der Waals surface area contributed by atoms with Gasteiger partial charge in [0.15, 0.2) is 15.7 Å². The molecular weight excluding hydrogens is 443 g/mol. The molecular formula is C21H20Cl2N4O2S. The summed E-state index contributed by atoms with van der Waals surface area (Å²) in [6, 6.07) is 12.1. The molecule has 0 spiro atoms. The first kappa shape index (κ1) is 20.9. The van der Waals surface area contributed by atoms with E-state index in [9.17, 15) is 8.42 Å². The molecule has 30 heavy (non-hydrogen) atoms. The number of anilines is 1. The van der Waals surface area contributed by atoms with Gasteiger partial charge in [0.1, 0.15) is 11.3 Å². The summed E-state index contributed by atoms with van der Waals surface area (Å²) in [5, 5.41) is 1.53. The molecule has 0 atom stereocenters. The maximum atomic E-state index is 12.8. The number of hydrogen-bond donors (Lipinski definition) is 1. The number of hydrogen-bond acceptors (Lipinski definition) is 5. The summed E-state index contributed by atoms with van der Waals surface area (Å²) >= 11 is 11.9. The SMILES string of the molecule is CCc1nc2c(N)nc3ccccc3c2n1CCCS(=O)(=O)c1cc(Cl)cc(Cl)c1. The van der Waals surface area contributed by atoms with Crippen molar-refractivity contribution in [1.29, 1.82) is 0 Å². The molecule has 2 heterocycles. The molecule has 2 N–H and O–H groups in total. The second-order valence-electron chi connectivity index (χ2n) is 7.02. The second kappa shape index (κ2) is 8.06. The topological polar surface area (TPSA) is 90.9 Å². The Morgan fingerprint density at radius 3 is 2.47 bits per heavy atom. The van der Waals surface area contributed by atoms with Gasteiger partial charge in [-0.25, -0.2) is 18.4 Å². The Labute approximate surface area is 184 Å². The van der Waals surface area contributed by atoms with Crippen LogP contribution in [0.15, 0.2) is 47.4 Å². The minimum atomic E-state index is -3.52. The number of sulfone groups is 1. The van der Waals surface area contributed by atoms with Gasteiger partial charge in [-0.2, -0.15) is 0 Å². The van der Waals surface area contributed by atoms with Gasteiger partial charge in [-0.15, -0.1) is 0 Å². The highest BCUT2D eigenvalue weighted by Crippen LogP contribution is 2.29. The fraction of sp³-hybridized carbons (Fsp3) is 0.238. The molecule has 156 valence electrons. The van der Waals surface area contributed by atoms with Crippen molar-refractivity contribution in [3.05, 3.63) is 58.3 Å². The number of para-hydroxylation sites is 1. The summed E-state index contributed by atoms with van der Waals surface area (Å²) in [6.07, 6.45) is 1.10. The van der Waals surface area contributed by atoms with Crippen molar-refractivity contribution < 1.29 is 8.42 Å². The summed E-state index contributed by atoms with van der Waals surface area (Å²) in [5.41, 5.74) is 8.47. The Balaban J connectivity index is 1.69. The van der Waals surface area contributed by atoms with Crippen molar-refractivity contribution >= 4 is 60.8 Å². The molecule has 0 fully saturated rings. The van der Waals surface area contributed by atoms with Crippen LogP contribution in [-0.2, 0) is 22.8 Å². The van der Waals surface area contributed by atoms with Crippen LogP contribution < -0.4 is 5.73 Å². The van der Waals surface area contributed by atoms with Gasteiger partial charge in [-0.05, 0) is 30.7 Å². The molecule has 0 aliphatic rings. The van der Waals surface area contributed by atoms with Crippen LogP contribution in [0, 0.1) is 0 Å². The molecule has 0 saturated carbocycles. The van der Waals surface area contributed by atoms with E-state index in [0.29, 0.717) is 40.8 Å². The third-order valence-electron chi connectivity index (χ3n) is 5.00. The van der Waals surface area contributed by atoms with Gasteiger partial charge < -0.3 is 10.3 Å². The summed E-state index contributed by atoms with van der Waals surface area (Å²) < 4.78 is 27.6. The second-order valence-corrected chi connectivity index (χ2v) is 10.0. The highest BCUT2D eigenvalue weighted by molar-refractivity contribution is 7.91. The zero-order valence-electron chi connectivity index (χ0n) is 16.3. The monoisotopic (exact) mass is 462 g/mol. The first-order valence-electron chi connectivity index (χ1n) is 9.52. The molecule has 0 aliphatic carbocycles. The number of nitrogen functional groups attached to an aromatic ring is 1. The Morgan fingerprint density at radius 2 is 1.77 bits per heavy atom. The molecule has 0 aliphatic heterocycles. The minimum Gasteiger partial charge on any atom is -0.382 e. The third kappa shape index (κ3) is 3.85. The molecule has 9 heteroatoms. The smallest absolute Gasteiger partial charge is 0.178 e. The average molecular weight is 463 g/mol. The van der Waals surface area contributed by atoms with Crippen LogP contribution in [0.25, 0.3) is 21.9 Å². The predicted molar refractivity (Wildman–Crippen MR) is 122 cm³/mol. The van der Waals surface area contributed by atoms with Crippen LogP contribution in [0.3, 0.4) is 0 Å². The normalized spacial score (nSPS) is 12.1. The molecule has 4 rings (SSSR count). The maximum absolute atomic E-state index is 12.8. The standard InChI is InChI=1S/C21H20Cl2N4O2S/c1-2-18-26-19-20(16-6-3-4-7-17(16)25-21(19)24)27(18)8-5-9-30(28,29)15-11-13(22)10-14(23)12-15/h3-4,6-7,10-12H,2,5,8-9H2,1H3,(H2,24,25). The summed E-state index contributed by atoms with van der Waals surface area (Å²) in [4.78, 5) is 9.25. The number of imidazole rings is 1. The van der Waals surface area contributed by atoms with Gasteiger partial charge in [0.25, 0.3) is 0 Å². The molecule has 0 amide bonds. The molecule has 0 bridgehead atoms. The highest BCUT2D eigenvalue weighted by Gasteiger charge is 2.19. The lowest BCUT2D eigenvalue weighted by Gasteiger charge is -2.11. The first-order chi connectivity index (χ1) is 14.3. The maximum Gasteiger partial charge on any atom is 0.178 e. The van der Waals surface area contributed by atoms with E-state index in [4.69, 9.17) is 28.9 Å².